The van der Waals surface area contributed by atoms with Crippen molar-refractivity contribution >= 4 is 23.6 Å². The Bertz CT molecular complexity index is 1030. The van der Waals surface area contributed by atoms with Gasteiger partial charge in [0.25, 0.3) is 0 Å². The van der Waals surface area contributed by atoms with Crippen LogP contribution in [0.4, 0.5) is 9.18 Å². The molecule has 0 spiro atoms. The van der Waals surface area contributed by atoms with Crippen molar-refractivity contribution in [3.63, 3.8) is 0 Å². The highest BCUT2D eigenvalue weighted by Gasteiger charge is 2.33. The summed E-state index contributed by atoms with van der Waals surface area (Å²) in [6, 6.07) is 10.1. The third kappa shape index (κ3) is 5.38. The molecule has 3 rings (SSSR count). The van der Waals surface area contributed by atoms with Gasteiger partial charge in [-0.3, -0.25) is 0 Å². The van der Waals surface area contributed by atoms with Gasteiger partial charge >= 0.3 is 12.0 Å². The van der Waals surface area contributed by atoms with E-state index in [0.29, 0.717) is 21.8 Å². The lowest BCUT2D eigenvalue weighted by Crippen LogP contribution is -2.48. The Kier molecular flexibility index (Phi) is 7.71. The quantitative estimate of drug-likeness (QED) is 0.517. The van der Waals surface area contributed by atoms with Gasteiger partial charge in [0.1, 0.15) is 0 Å². The molecule has 2 aromatic rings. The second-order valence-electron chi connectivity index (χ2n) is 7.19. The van der Waals surface area contributed by atoms with Gasteiger partial charge in [-0.25, -0.2) is 14.0 Å². The molecule has 2 unspecified atom stereocenters. The van der Waals surface area contributed by atoms with E-state index in [9.17, 15) is 14.0 Å². The Morgan fingerprint density at radius 1 is 1.25 bits per heavy atom. The fourth-order valence-electron chi connectivity index (χ4n) is 3.44. The Morgan fingerprint density at radius 3 is 2.59 bits per heavy atom. The highest BCUT2D eigenvalue weighted by Crippen LogP contribution is 2.29. The van der Waals surface area contributed by atoms with Gasteiger partial charge in [-0.1, -0.05) is 29.8 Å². The standard InChI is InChI=1S/C23H25ClFN3O4/c1-4-32-22(29)20-18(12-26-13(2)15-7-10-19(31-3)17(25)11-15)27-23(30)28-21(20)14-5-8-16(24)9-6-14/h5-11,13,21,26H,4,12H2,1-3H3,(H2,27,28,30). The molecule has 2 amide bonds. The summed E-state index contributed by atoms with van der Waals surface area (Å²) >= 11 is 5.98. The van der Waals surface area contributed by atoms with Gasteiger partial charge in [-0.15, -0.1) is 0 Å². The number of carbonyl (C=O) groups is 2. The van der Waals surface area contributed by atoms with Gasteiger partial charge in [-0.05, 0) is 49.2 Å². The maximum absolute atomic E-state index is 14.1. The SMILES string of the molecule is CCOC(=O)C1=C(CNC(C)c2ccc(OC)c(F)c2)NC(=O)NC1c1ccc(Cl)cc1. The van der Waals surface area contributed by atoms with Crippen molar-refractivity contribution in [2.45, 2.75) is 25.9 Å². The lowest BCUT2D eigenvalue weighted by Gasteiger charge is -2.30. The number of methoxy groups -OCH3 is 1. The van der Waals surface area contributed by atoms with Crippen LogP contribution in [0.2, 0.25) is 5.02 Å². The lowest BCUT2D eigenvalue weighted by atomic mass is 9.95. The molecule has 3 N–H and O–H groups in total. The first-order valence-corrected chi connectivity index (χ1v) is 10.5. The fraction of sp³-hybridized carbons (Fsp3) is 0.304. The molecule has 2 atom stereocenters. The molecule has 0 saturated carbocycles. The van der Waals surface area contributed by atoms with Crippen molar-refractivity contribution in [2.75, 3.05) is 20.3 Å². The van der Waals surface area contributed by atoms with Gasteiger partial charge in [0, 0.05) is 23.3 Å². The molecule has 1 aliphatic heterocycles. The van der Waals surface area contributed by atoms with Crippen LogP contribution in [-0.4, -0.2) is 32.3 Å². The van der Waals surface area contributed by atoms with E-state index in [1.807, 2.05) is 6.92 Å². The van der Waals surface area contributed by atoms with Gasteiger partial charge in [0.15, 0.2) is 11.6 Å². The van der Waals surface area contributed by atoms with E-state index in [4.69, 9.17) is 21.1 Å². The zero-order valence-corrected chi connectivity index (χ0v) is 18.8. The minimum absolute atomic E-state index is 0.153. The van der Waals surface area contributed by atoms with E-state index in [0.717, 1.165) is 0 Å². The maximum atomic E-state index is 14.1. The molecule has 0 bridgehead atoms. The Labute approximate surface area is 190 Å². The van der Waals surface area contributed by atoms with Crippen LogP contribution in [0.15, 0.2) is 53.7 Å². The summed E-state index contributed by atoms with van der Waals surface area (Å²) in [5, 5.41) is 9.23. The van der Waals surface area contributed by atoms with Crippen molar-refractivity contribution in [1.82, 2.24) is 16.0 Å². The van der Waals surface area contributed by atoms with E-state index >= 15 is 0 Å². The molecule has 1 aliphatic rings. The van der Waals surface area contributed by atoms with Crippen LogP contribution in [0.3, 0.4) is 0 Å². The van der Waals surface area contributed by atoms with Crippen LogP contribution < -0.4 is 20.7 Å². The first-order valence-electron chi connectivity index (χ1n) is 10.1. The highest BCUT2D eigenvalue weighted by molar-refractivity contribution is 6.30. The first kappa shape index (κ1) is 23.6. The van der Waals surface area contributed by atoms with E-state index < -0.39 is 23.9 Å². The van der Waals surface area contributed by atoms with Gasteiger partial charge in [0.2, 0.25) is 0 Å². The summed E-state index contributed by atoms with van der Waals surface area (Å²) in [5.74, 6) is -0.854. The zero-order valence-electron chi connectivity index (χ0n) is 18.0. The van der Waals surface area contributed by atoms with Gasteiger partial charge < -0.3 is 25.4 Å². The number of nitrogens with one attached hydrogen (secondary N) is 3. The average molecular weight is 462 g/mol. The fourth-order valence-corrected chi connectivity index (χ4v) is 3.56. The number of halogens is 2. The molecule has 0 fully saturated rings. The minimum atomic E-state index is -0.703. The highest BCUT2D eigenvalue weighted by atomic mass is 35.5. The van der Waals surface area contributed by atoms with E-state index in [1.165, 1.54) is 13.2 Å². The number of benzene rings is 2. The zero-order chi connectivity index (χ0) is 23.3. The summed E-state index contributed by atoms with van der Waals surface area (Å²) in [6.07, 6.45) is 0. The smallest absolute Gasteiger partial charge is 0.338 e. The third-order valence-corrected chi connectivity index (χ3v) is 5.37. The number of hydrogen-bond acceptors (Lipinski definition) is 5. The molecule has 9 heteroatoms. The first-order chi connectivity index (χ1) is 15.3. The van der Waals surface area contributed by atoms with Crippen LogP contribution in [0.5, 0.6) is 5.75 Å². The molecule has 7 nitrogen and oxygen atoms in total. The topological polar surface area (TPSA) is 88.7 Å². The van der Waals surface area contributed by atoms with Crippen molar-refractivity contribution < 1.29 is 23.5 Å². The van der Waals surface area contributed by atoms with E-state index in [-0.39, 0.29) is 30.5 Å². The molecule has 32 heavy (non-hydrogen) atoms. The minimum Gasteiger partial charge on any atom is -0.494 e. The predicted molar refractivity (Wildman–Crippen MR) is 119 cm³/mol. The largest absolute Gasteiger partial charge is 0.494 e. The number of amides is 2. The number of urea groups is 1. The Hall–Kier alpha value is -3.10. The van der Waals surface area contributed by atoms with Crippen molar-refractivity contribution in [2.24, 2.45) is 0 Å². The maximum Gasteiger partial charge on any atom is 0.338 e. The van der Waals surface area contributed by atoms with Crippen molar-refractivity contribution in [3.8, 4) is 5.75 Å². The second-order valence-corrected chi connectivity index (χ2v) is 7.63. The summed E-state index contributed by atoms with van der Waals surface area (Å²) in [4.78, 5) is 25.2. The molecule has 0 aromatic heterocycles. The lowest BCUT2D eigenvalue weighted by molar-refractivity contribution is -0.139. The summed E-state index contributed by atoms with van der Waals surface area (Å²) in [6.45, 7) is 3.90. The molecular weight excluding hydrogens is 437 g/mol. The monoisotopic (exact) mass is 461 g/mol. The second kappa shape index (κ2) is 10.5. The number of hydrogen-bond donors (Lipinski definition) is 3. The van der Waals surface area contributed by atoms with Crippen LogP contribution in [0, 0.1) is 5.82 Å². The van der Waals surface area contributed by atoms with Crippen LogP contribution in [-0.2, 0) is 9.53 Å². The molecule has 0 aliphatic carbocycles. The van der Waals surface area contributed by atoms with Crippen molar-refractivity contribution in [1.29, 1.82) is 0 Å². The third-order valence-electron chi connectivity index (χ3n) is 5.11. The molecule has 2 aromatic carbocycles. The normalized spacial score (nSPS) is 16.8. The van der Waals surface area contributed by atoms with E-state index in [2.05, 4.69) is 16.0 Å². The number of rotatable bonds is 8. The number of carbonyl (C=O) groups excluding carboxylic acids is 2. The molecule has 0 radical (unpaired) electrons. The summed E-state index contributed by atoms with van der Waals surface area (Å²) in [7, 11) is 1.40. The molecule has 0 saturated heterocycles. The Morgan fingerprint density at radius 2 is 1.97 bits per heavy atom. The number of ether oxygens (including phenoxy) is 2. The molecular formula is C23H25ClFN3O4. The van der Waals surface area contributed by atoms with Gasteiger partial charge in [-0.2, -0.15) is 0 Å². The van der Waals surface area contributed by atoms with Crippen molar-refractivity contribution in [3.05, 3.63) is 75.7 Å². The molecule has 1 heterocycles. The molecule has 170 valence electrons. The van der Waals surface area contributed by atoms with Gasteiger partial charge in [0.05, 0.1) is 25.3 Å². The van der Waals surface area contributed by atoms with Crippen LogP contribution in [0.1, 0.15) is 37.1 Å². The Balaban J connectivity index is 1.89. The average Bonchev–Trinajstić information content (AvgIpc) is 2.77. The summed E-state index contributed by atoms with van der Waals surface area (Å²) in [5.41, 5.74) is 2.05. The van der Waals surface area contributed by atoms with Crippen LogP contribution in [0.25, 0.3) is 0 Å². The van der Waals surface area contributed by atoms with E-state index in [1.54, 1.807) is 43.3 Å². The van der Waals surface area contributed by atoms with Crippen LogP contribution >= 0.6 is 11.6 Å². The predicted octanol–water partition coefficient (Wildman–Crippen LogP) is 4.01. The summed E-state index contributed by atoms with van der Waals surface area (Å²) < 4.78 is 24.3. The number of esters is 1.